The average molecular weight is 556 g/mol. The topological polar surface area (TPSA) is 105 Å². The monoisotopic (exact) mass is 555 g/mol. The molecule has 1 unspecified atom stereocenters. The molecule has 0 radical (unpaired) electrons. The van der Waals surface area contributed by atoms with E-state index < -0.39 is 11.9 Å². The fraction of sp³-hybridized carbons (Fsp3) is 0.464. The summed E-state index contributed by atoms with van der Waals surface area (Å²) < 4.78 is 5.35. The Morgan fingerprint density at radius 2 is 1.76 bits per heavy atom. The summed E-state index contributed by atoms with van der Waals surface area (Å²) in [5.74, 6) is -0.827. The number of carbonyl (C=O) groups is 4. The number of thiophene rings is 1. The first kappa shape index (κ1) is 27.9. The molecule has 10 heteroatoms. The van der Waals surface area contributed by atoms with Crippen molar-refractivity contribution < 1.29 is 23.9 Å². The van der Waals surface area contributed by atoms with Gasteiger partial charge in [0.05, 0.1) is 17.9 Å². The summed E-state index contributed by atoms with van der Waals surface area (Å²) in [5, 5.41) is 6.37. The Balaban J connectivity index is 1.49. The number of benzene rings is 1. The van der Waals surface area contributed by atoms with Crippen LogP contribution in [-0.2, 0) is 27.2 Å². The van der Waals surface area contributed by atoms with Crippen LogP contribution < -0.4 is 15.5 Å². The first-order chi connectivity index (χ1) is 18.1. The van der Waals surface area contributed by atoms with Crippen LogP contribution in [-0.4, -0.2) is 35.4 Å². The van der Waals surface area contributed by atoms with E-state index in [4.69, 9.17) is 17.0 Å². The molecule has 1 aromatic heterocycles. The number of fused-ring (bicyclic) bond motifs is 1. The number of anilines is 2. The smallest absolute Gasteiger partial charge is 0.341 e. The Hall–Kier alpha value is -3.11. The molecule has 1 aliphatic heterocycles. The summed E-state index contributed by atoms with van der Waals surface area (Å²) in [4.78, 5) is 52.0. The Labute approximate surface area is 232 Å². The van der Waals surface area contributed by atoms with Crippen molar-refractivity contribution in [1.29, 1.82) is 0 Å². The van der Waals surface area contributed by atoms with E-state index in [1.54, 1.807) is 19.1 Å². The molecular formula is C28H33N3O5S2. The van der Waals surface area contributed by atoms with E-state index in [0.717, 1.165) is 41.0 Å². The Kier molecular flexibility index (Phi) is 8.32. The van der Waals surface area contributed by atoms with Crippen molar-refractivity contribution in [3.05, 3.63) is 45.8 Å². The van der Waals surface area contributed by atoms with Crippen LogP contribution in [0.1, 0.15) is 84.5 Å². The number of imide groups is 1. The fourth-order valence-electron chi connectivity index (χ4n) is 4.98. The van der Waals surface area contributed by atoms with E-state index >= 15 is 0 Å². The van der Waals surface area contributed by atoms with Crippen molar-refractivity contribution in [2.24, 2.45) is 11.3 Å². The van der Waals surface area contributed by atoms with Crippen LogP contribution in [0.2, 0.25) is 0 Å². The molecule has 0 saturated carbocycles. The highest BCUT2D eigenvalue weighted by Gasteiger charge is 2.36. The lowest BCUT2D eigenvalue weighted by Gasteiger charge is -2.36. The van der Waals surface area contributed by atoms with Gasteiger partial charge in [-0.1, -0.05) is 27.2 Å². The number of amides is 3. The standard InChI is InChI=1S/C28H33N3O5S2/c1-5-28(3,4)17-9-12-19-20(15-17)38-25(23(19)26(35)36-6-2)30-27(37)29-24(34)16-7-10-18(11-8-16)31-21(32)13-14-22(31)33/h7-8,10-11,17H,5-6,9,12-15H2,1-4H3,(H2,29,30,34,37). The Morgan fingerprint density at radius 3 is 2.37 bits per heavy atom. The van der Waals surface area contributed by atoms with E-state index in [9.17, 15) is 19.2 Å². The zero-order chi connectivity index (χ0) is 27.6. The number of hydrogen-bond acceptors (Lipinski definition) is 7. The van der Waals surface area contributed by atoms with E-state index in [1.165, 1.54) is 23.5 Å². The molecule has 2 N–H and O–H groups in total. The highest BCUT2D eigenvalue weighted by Crippen LogP contribution is 2.45. The Bertz CT molecular complexity index is 1270. The molecule has 1 fully saturated rings. The van der Waals surface area contributed by atoms with E-state index in [1.807, 2.05) is 0 Å². The molecule has 1 atom stereocenters. The van der Waals surface area contributed by atoms with Gasteiger partial charge in [-0.25, -0.2) is 4.79 Å². The van der Waals surface area contributed by atoms with Crippen molar-refractivity contribution in [1.82, 2.24) is 5.32 Å². The van der Waals surface area contributed by atoms with Crippen molar-refractivity contribution in [3.8, 4) is 0 Å². The first-order valence-electron chi connectivity index (χ1n) is 13.0. The molecule has 1 aromatic carbocycles. The van der Waals surface area contributed by atoms with Crippen LogP contribution in [0, 0.1) is 11.3 Å². The number of rotatable bonds is 7. The molecule has 202 valence electrons. The summed E-state index contributed by atoms with van der Waals surface area (Å²) in [6.45, 7) is 8.83. The molecule has 0 bridgehead atoms. The molecule has 38 heavy (non-hydrogen) atoms. The van der Waals surface area contributed by atoms with E-state index in [-0.39, 0.29) is 41.8 Å². The van der Waals surface area contributed by atoms with Gasteiger partial charge in [-0.3, -0.25) is 24.6 Å². The van der Waals surface area contributed by atoms with E-state index in [2.05, 4.69) is 31.4 Å². The summed E-state index contributed by atoms with van der Waals surface area (Å²) in [7, 11) is 0. The molecule has 2 heterocycles. The largest absolute Gasteiger partial charge is 0.462 e. The number of hydrogen-bond donors (Lipinski definition) is 2. The zero-order valence-electron chi connectivity index (χ0n) is 22.1. The number of esters is 1. The van der Waals surface area contributed by atoms with E-state index in [0.29, 0.717) is 27.7 Å². The predicted octanol–water partition coefficient (Wildman–Crippen LogP) is 5.25. The normalized spacial score (nSPS) is 17.3. The first-order valence-corrected chi connectivity index (χ1v) is 14.2. The fourth-order valence-corrected chi connectivity index (χ4v) is 6.56. The van der Waals surface area contributed by atoms with Crippen LogP contribution in [0.25, 0.3) is 0 Å². The second-order valence-corrected chi connectivity index (χ2v) is 11.8. The summed E-state index contributed by atoms with van der Waals surface area (Å²) in [5.41, 5.74) is 2.46. The maximum atomic E-state index is 12.9. The maximum Gasteiger partial charge on any atom is 0.341 e. The van der Waals surface area contributed by atoms with Crippen molar-refractivity contribution >= 4 is 63.0 Å². The van der Waals surface area contributed by atoms with Gasteiger partial charge in [0.25, 0.3) is 5.91 Å². The average Bonchev–Trinajstić information content (AvgIpc) is 3.41. The van der Waals surface area contributed by atoms with Gasteiger partial charge in [0.15, 0.2) is 5.11 Å². The lowest BCUT2D eigenvalue weighted by atomic mass is 9.69. The van der Waals surface area contributed by atoms with Crippen LogP contribution in [0.4, 0.5) is 10.7 Å². The lowest BCUT2D eigenvalue weighted by Crippen LogP contribution is -2.34. The molecular weight excluding hydrogens is 522 g/mol. The molecule has 0 spiro atoms. The number of nitrogens with one attached hydrogen (secondary N) is 2. The van der Waals surface area contributed by atoms with Gasteiger partial charge in [0.2, 0.25) is 11.8 Å². The lowest BCUT2D eigenvalue weighted by molar-refractivity contribution is -0.121. The number of carbonyl (C=O) groups excluding carboxylic acids is 4. The van der Waals surface area contributed by atoms with Gasteiger partial charge in [-0.2, -0.15) is 0 Å². The van der Waals surface area contributed by atoms with Crippen molar-refractivity contribution in [2.75, 3.05) is 16.8 Å². The van der Waals surface area contributed by atoms with Crippen LogP contribution in [0.15, 0.2) is 24.3 Å². The summed E-state index contributed by atoms with van der Waals surface area (Å²) in [6.07, 6.45) is 4.15. The number of ether oxygens (including phenoxy) is 1. The minimum absolute atomic E-state index is 0.0681. The highest BCUT2D eigenvalue weighted by atomic mass is 32.1. The van der Waals surface area contributed by atoms with Gasteiger partial charge in [0.1, 0.15) is 5.00 Å². The summed E-state index contributed by atoms with van der Waals surface area (Å²) in [6, 6.07) is 6.20. The summed E-state index contributed by atoms with van der Waals surface area (Å²) >= 11 is 6.92. The minimum Gasteiger partial charge on any atom is -0.462 e. The predicted molar refractivity (Wildman–Crippen MR) is 152 cm³/mol. The minimum atomic E-state index is -0.447. The van der Waals surface area contributed by atoms with Gasteiger partial charge >= 0.3 is 5.97 Å². The highest BCUT2D eigenvalue weighted by molar-refractivity contribution is 7.80. The van der Waals surface area contributed by atoms with Gasteiger partial charge < -0.3 is 10.1 Å². The number of nitrogens with zero attached hydrogens (tertiary/aromatic N) is 1. The van der Waals surface area contributed by atoms with Crippen molar-refractivity contribution in [2.45, 2.75) is 66.2 Å². The van der Waals surface area contributed by atoms with Gasteiger partial charge in [-0.05, 0) is 79.6 Å². The van der Waals surface area contributed by atoms with Crippen LogP contribution in [0.5, 0.6) is 0 Å². The second kappa shape index (κ2) is 11.3. The molecule has 3 amide bonds. The third-order valence-electron chi connectivity index (χ3n) is 7.65. The number of thiocarbonyl (C=S) groups is 1. The third kappa shape index (κ3) is 5.66. The van der Waals surface area contributed by atoms with Gasteiger partial charge in [-0.15, -0.1) is 11.3 Å². The SMILES string of the molecule is CCOC(=O)c1c(NC(=S)NC(=O)c2ccc(N3C(=O)CCC3=O)cc2)sc2c1CCC(C(C)(C)CC)C2. The maximum absolute atomic E-state index is 12.9. The van der Waals surface area contributed by atoms with Crippen LogP contribution >= 0.6 is 23.6 Å². The molecule has 2 aromatic rings. The molecule has 2 aliphatic rings. The second-order valence-electron chi connectivity index (χ2n) is 10.3. The third-order valence-corrected chi connectivity index (χ3v) is 9.03. The molecule has 4 rings (SSSR count). The Morgan fingerprint density at radius 1 is 1.11 bits per heavy atom. The molecule has 1 saturated heterocycles. The quantitative estimate of drug-likeness (QED) is 0.273. The molecule has 8 nitrogen and oxygen atoms in total. The van der Waals surface area contributed by atoms with Crippen LogP contribution in [0.3, 0.4) is 0 Å². The zero-order valence-corrected chi connectivity index (χ0v) is 23.8. The van der Waals surface area contributed by atoms with Gasteiger partial charge in [0, 0.05) is 23.3 Å². The molecule has 1 aliphatic carbocycles. The van der Waals surface area contributed by atoms with Crippen molar-refractivity contribution in [3.63, 3.8) is 0 Å².